The summed E-state index contributed by atoms with van der Waals surface area (Å²) in [6.45, 7) is 18.8. The Morgan fingerprint density at radius 1 is 1.22 bits per heavy atom. The van der Waals surface area contributed by atoms with Gasteiger partial charge < -0.3 is 15.4 Å². The summed E-state index contributed by atoms with van der Waals surface area (Å²) in [5.41, 5.74) is 1.29. The Morgan fingerprint density at radius 3 is 2.30 bits per heavy atom. The molecule has 1 rings (SSSR count). The van der Waals surface area contributed by atoms with Crippen molar-refractivity contribution in [1.29, 1.82) is 0 Å². The molecule has 4 nitrogen and oxygen atoms in total. The van der Waals surface area contributed by atoms with Gasteiger partial charge in [0.15, 0.2) is 0 Å². The summed E-state index contributed by atoms with van der Waals surface area (Å²) >= 11 is 0. The zero-order valence-electron chi connectivity index (χ0n) is 15.7. The van der Waals surface area contributed by atoms with Crippen LogP contribution in [-0.2, 0) is 9.53 Å². The van der Waals surface area contributed by atoms with E-state index < -0.39 is 5.54 Å². The Balaban J connectivity index is 2.52. The molecular formula is C19H34N2O2. The van der Waals surface area contributed by atoms with Crippen LogP contribution in [0.3, 0.4) is 0 Å². The molecule has 4 heteroatoms. The average molecular weight is 322 g/mol. The molecule has 0 atom stereocenters. The Labute approximate surface area is 141 Å². The summed E-state index contributed by atoms with van der Waals surface area (Å²) in [4.78, 5) is 12.5. The van der Waals surface area contributed by atoms with Gasteiger partial charge in [0.1, 0.15) is 0 Å². The van der Waals surface area contributed by atoms with E-state index in [1.807, 2.05) is 19.9 Å². The fraction of sp³-hybridized carbons (Fsp3) is 0.737. The van der Waals surface area contributed by atoms with Crippen LogP contribution < -0.4 is 10.6 Å². The number of rotatable bonds is 6. The Hall–Kier alpha value is -1.13. The lowest BCUT2D eigenvalue weighted by Gasteiger charge is -2.30. The van der Waals surface area contributed by atoms with Crippen molar-refractivity contribution in [3.8, 4) is 0 Å². The molecule has 23 heavy (non-hydrogen) atoms. The molecule has 2 N–H and O–H groups in total. The normalized spacial score (nSPS) is 17.9. The van der Waals surface area contributed by atoms with Crippen LogP contribution >= 0.6 is 0 Å². The highest BCUT2D eigenvalue weighted by Crippen LogP contribution is 2.25. The van der Waals surface area contributed by atoms with Crippen molar-refractivity contribution < 1.29 is 9.53 Å². The number of carbonyl (C=O) groups is 1. The van der Waals surface area contributed by atoms with Gasteiger partial charge in [-0.2, -0.15) is 0 Å². The van der Waals surface area contributed by atoms with Crippen LogP contribution in [0.25, 0.3) is 0 Å². The zero-order chi connectivity index (χ0) is 17.7. The van der Waals surface area contributed by atoms with Crippen molar-refractivity contribution in [2.24, 2.45) is 11.3 Å². The van der Waals surface area contributed by atoms with E-state index in [1.165, 1.54) is 5.57 Å². The summed E-state index contributed by atoms with van der Waals surface area (Å²) in [5, 5.41) is 6.30. The van der Waals surface area contributed by atoms with E-state index in [4.69, 9.17) is 4.74 Å². The Morgan fingerprint density at radius 2 is 1.78 bits per heavy atom. The van der Waals surface area contributed by atoms with Crippen LogP contribution in [0.15, 0.2) is 23.9 Å². The van der Waals surface area contributed by atoms with E-state index in [0.717, 1.165) is 32.6 Å². The molecule has 1 heterocycles. The van der Waals surface area contributed by atoms with Gasteiger partial charge in [-0.25, -0.2) is 0 Å². The van der Waals surface area contributed by atoms with Crippen LogP contribution in [-0.4, -0.2) is 31.2 Å². The highest BCUT2D eigenvalue weighted by molar-refractivity contribution is 5.87. The van der Waals surface area contributed by atoms with E-state index in [2.05, 4.69) is 44.9 Å². The number of nitrogens with one attached hydrogen (secondary N) is 2. The third kappa shape index (κ3) is 6.88. The third-order valence-corrected chi connectivity index (χ3v) is 4.59. The van der Waals surface area contributed by atoms with Crippen LogP contribution in [0.1, 0.15) is 54.4 Å². The molecule has 0 aromatic rings. The highest BCUT2D eigenvalue weighted by Gasteiger charge is 2.28. The van der Waals surface area contributed by atoms with Gasteiger partial charge in [0, 0.05) is 18.9 Å². The summed E-state index contributed by atoms with van der Waals surface area (Å²) in [7, 11) is 0. The van der Waals surface area contributed by atoms with Gasteiger partial charge in [-0.1, -0.05) is 32.9 Å². The van der Waals surface area contributed by atoms with E-state index in [1.54, 1.807) is 0 Å². The molecule has 0 aliphatic carbocycles. The van der Waals surface area contributed by atoms with E-state index in [9.17, 15) is 4.79 Å². The molecule has 0 radical (unpaired) electrons. The van der Waals surface area contributed by atoms with E-state index >= 15 is 0 Å². The maximum atomic E-state index is 12.5. The smallest absolute Gasteiger partial charge is 0.244 e. The quantitative estimate of drug-likeness (QED) is 0.737. The number of hydrogen-bond donors (Lipinski definition) is 2. The number of amides is 1. The van der Waals surface area contributed by atoms with Crippen molar-refractivity contribution in [3.63, 3.8) is 0 Å². The third-order valence-electron chi connectivity index (χ3n) is 4.59. The minimum absolute atomic E-state index is 0.0486. The number of hydrogen-bond acceptors (Lipinski definition) is 3. The van der Waals surface area contributed by atoms with Gasteiger partial charge in [0.25, 0.3) is 0 Å². The average Bonchev–Trinajstić information content (AvgIpc) is 2.45. The second-order valence-corrected chi connectivity index (χ2v) is 8.12. The van der Waals surface area contributed by atoms with Gasteiger partial charge in [-0.3, -0.25) is 4.79 Å². The number of ether oxygens (including phenoxy) is 1. The monoisotopic (exact) mass is 322 g/mol. The van der Waals surface area contributed by atoms with E-state index in [0.29, 0.717) is 11.6 Å². The lowest BCUT2D eigenvalue weighted by molar-refractivity contribution is -0.125. The van der Waals surface area contributed by atoms with Gasteiger partial charge in [0.05, 0.1) is 5.54 Å². The van der Waals surface area contributed by atoms with E-state index in [-0.39, 0.29) is 11.3 Å². The minimum atomic E-state index is -0.620. The molecular weight excluding hydrogens is 288 g/mol. The lowest BCUT2D eigenvalue weighted by atomic mass is 9.87. The van der Waals surface area contributed by atoms with Gasteiger partial charge in [-0.05, 0) is 57.6 Å². The molecule has 0 bridgehead atoms. The van der Waals surface area contributed by atoms with Gasteiger partial charge in [-0.15, -0.1) is 0 Å². The first kappa shape index (κ1) is 19.9. The summed E-state index contributed by atoms with van der Waals surface area (Å²) in [6, 6.07) is 0. The summed E-state index contributed by atoms with van der Waals surface area (Å²) in [5.74, 6) is 0.537. The molecule has 1 aliphatic rings. The molecule has 0 saturated carbocycles. The van der Waals surface area contributed by atoms with Crippen LogP contribution in [0.2, 0.25) is 0 Å². The Bertz CT molecular complexity index is 452. The molecule has 1 amide bonds. The predicted molar refractivity (Wildman–Crippen MR) is 96.1 cm³/mol. The zero-order valence-corrected chi connectivity index (χ0v) is 15.7. The summed E-state index contributed by atoms with van der Waals surface area (Å²) < 4.78 is 5.37. The van der Waals surface area contributed by atoms with Crippen molar-refractivity contribution in [2.75, 3.05) is 19.8 Å². The van der Waals surface area contributed by atoms with Crippen LogP contribution in [0.4, 0.5) is 0 Å². The maximum Gasteiger partial charge on any atom is 0.244 e. The standard InChI is InChI=1S/C19H34N2O2/c1-14(18(3,4)5)12-15(2)21-17(22)19(6,7)20-13-16-8-10-23-11-9-16/h12,16,20H,2,8-11,13H2,1,3-7H3,(H,21,22)/b14-12+. The predicted octanol–water partition coefficient (Wildman–Crippen LogP) is 3.40. The topological polar surface area (TPSA) is 50.4 Å². The van der Waals surface area contributed by atoms with Gasteiger partial charge >= 0.3 is 0 Å². The first-order valence-corrected chi connectivity index (χ1v) is 8.54. The van der Waals surface area contributed by atoms with Crippen molar-refractivity contribution in [2.45, 2.75) is 59.9 Å². The number of carbonyl (C=O) groups excluding carboxylic acids is 1. The molecule has 1 fully saturated rings. The van der Waals surface area contributed by atoms with Gasteiger partial charge in [0.2, 0.25) is 5.91 Å². The molecule has 0 aromatic heterocycles. The SMILES string of the molecule is C=C(/C=C(\C)C(C)(C)C)NC(=O)C(C)(C)NCC1CCOCC1. The largest absolute Gasteiger partial charge is 0.381 e. The molecule has 0 aromatic carbocycles. The fourth-order valence-corrected chi connectivity index (χ4v) is 2.25. The second-order valence-electron chi connectivity index (χ2n) is 8.12. The van der Waals surface area contributed by atoms with Crippen molar-refractivity contribution in [3.05, 3.63) is 23.9 Å². The molecule has 0 spiro atoms. The molecule has 132 valence electrons. The molecule has 1 saturated heterocycles. The first-order chi connectivity index (χ1) is 10.5. The molecule has 0 unspecified atom stereocenters. The molecule has 1 aliphatic heterocycles. The second kappa shape index (κ2) is 8.11. The van der Waals surface area contributed by atoms with Crippen LogP contribution in [0.5, 0.6) is 0 Å². The highest BCUT2D eigenvalue weighted by atomic mass is 16.5. The van der Waals surface area contributed by atoms with Crippen molar-refractivity contribution in [1.82, 2.24) is 10.6 Å². The first-order valence-electron chi connectivity index (χ1n) is 8.54. The minimum Gasteiger partial charge on any atom is -0.381 e. The number of allylic oxidation sites excluding steroid dienone is 2. The fourth-order valence-electron chi connectivity index (χ4n) is 2.25. The summed E-state index contributed by atoms with van der Waals surface area (Å²) in [6.07, 6.45) is 4.07. The van der Waals surface area contributed by atoms with Crippen molar-refractivity contribution >= 4 is 5.91 Å². The lowest BCUT2D eigenvalue weighted by Crippen LogP contribution is -2.53. The Kier molecular flexibility index (Phi) is 7.02. The van der Waals surface area contributed by atoms with Crippen LogP contribution in [0, 0.1) is 11.3 Å². The maximum absolute atomic E-state index is 12.5.